The molecule has 158 valence electrons. The van der Waals surface area contributed by atoms with Gasteiger partial charge in [-0.25, -0.2) is 0 Å². The summed E-state index contributed by atoms with van der Waals surface area (Å²) in [6.07, 6.45) is 4.46. The molecule has 0 aliphatic carbocycles. The van der Waals surface area contributed by atoms with Gasteiger partial charge in [-0.2, -0.15) is 0 Å². The molecule has 3 heteroatoms. The molecule has 3 heterocycles. The number of anilines is 2. The highest BCUT2D eigenvalue weighted by atomic mass is 16.5. The Morgan fingerprint density at radius 3 is 2.81 bits per heavy atom. The first kappa shape index (κ1) is 18.8. The maximum absolute atomic E-state index is 6.00. The highest BCUT2D eigenvalue weighted by molar-refractivity contribution is 5.62. The molecular weight excluding hydrogens is 380 g/mol. The second-order valence-electron chi connectivity index (χ2n) is 9.36. The molecule has 3 aliphatic rings. The van der Waals surface area contributed by atoms with Crippen molar-refractivity contribution in [1.82, 2.24) is 0 Å². The fourth-order valence-electron chi connectivity index (χ4n) is 5.79. The third kappa shape index (κ3) is 3.37. The Bertz CT molecular complexity index is 1140. The van der Waals surface area contributed by atoms with Crippen LogP contribution >= 0.6 is 0 Å². The largest absolute Gasteiger partial charge is 0.493 e. The molecular formula is C28H30N2O. The Hall–Kier alpha value is -2.94. The van der Waals surface area contributed by atoms with Gasteiger partial charge in [0.2, 0.25) is 0 Å². The lowest BCUT2D eigenvalue weighted by atomic mass is 9.85. The summed E-state index contributed by atoms with van der Waals surface area (Å²) in [6.45, 7) is 5.09. The van der Waals surface area contributed by atoms with Crippen LogP contribution in [0.1, 0.15) is 51.6 Å². The van der Waals surface area contributed by atoms with Crippen LogP contribution in [0.3, 0.4) is 0 Å². The fraction of sp³-hybridized carbons (Fsp3) is 0.357. The van der Waals surface area contributed by atoms with E-state index < -0.39 is 0 Å². The first-order chi connectivity index (χ1) is 15.3. The molecule has 3 aromatic carbocycles. The summed E-state index contributed by atoms with van der Waals surface area (Å²) in [5, 5.41) is 7.18. The highest BCUT2D eigenvalue weighted by Crippen LogP contribution is 2.40. The Morgan fingerprint density at radius 2 is 1.84 bits per heavy atom. The van der Waals surface area contributed by atoms with Crippen molar-refractivity contribution < 1.29 is 4.74 Å². The quantitative estimate of drug-likeness (QED) is 0.568. The number of rotatable bonds is 4. The molecule has 2 unspecified atom stereocenters. The van der Waals surface area contributed by atoms with Crippen LogP contribution in [0.5, 0.6) is 5.75 Å². The van der Waals surface area contributed by atoms with Crippen molar-refractivity contribution in [3.8, 4) is 5.75 Å². The second-order valence-corrected chi connectivity index (χ2v) is 9.36. The molecule has 6 rings (SSSR count). The average Bonchev–Trinajstić information content (AvgIpc) is 3.42. The van der Waals surface area contributed by atoms with Crippen LogP contribution in [-0.4, -0.2) is 19.7 Å². The van der Waals surface area contributed by atoms with Crippen LogP contribution in [0.25, 0.3) is 0 Å². The van der Waals surface area contributed by atoms with Gasteiger partial charge in [0.05, 0.1) is 6.61 Å². The summed E-state index contributed by atoms with van der Waals surface area (Å²) < 4.78 is 6.00. The van der Waals surface area contributed by atoms with E-state index in [-0.39, 0.29) is 0 Å². The Morgan fingerprint density at radius 1 is 0.903 bits per heavy atom. The van der Waals surface area contributed by atoms with Gasteiger partial charge in [-0.05, 0) is 84.0 Å². The molecule has 3 aliphatic heterocycles. The van der Waals surface area contributed by atoms with Gasteiger partial charge in [-0.15, -0.1) is 0 Å². The van der Waals surface area contributed by atoms with Gasteiger partial charge in [0.1, 0.15) is 5.75 Å². The maximum Gasteiger partial charge on any atom is 0.125 e. The zero-order valence-corrected chi connectivity index (χ0v) is 18.2. The maximum atomic E-state index is 6.00. The zero-order valence-electron chi connectivity index (χ0n) is 18.2. The molecule has 0 spiro atoms. The Balaban J connectivity index is 1.26. The van der Waals surface area contributed by atoms with E-state index in [4.69, 9.17) is 4.74 Å². The third-order valence-corrected chi connectivity index (χ3v) is 7.40. The van der Waals surface area contributed by atoms with E-state index in [2.05, 4.69) is 72.2 Å². The summed E-state index contributed by atoms with van der Waals surface area (Å²) in [4.78, 5) is 0. The number of ether oxygens (including phenoxy) is 1. The first-order valence-electron chi connectivity index (χ1n) is 11.7. The number of para-hydroxylation sites is 1. The molecule has 31 heavy (non-hydrogen) atoms. The van der Waals surface area contributed by atoms with E-state index in [1.807, 2.05) is 0 Å². The predicted molar refractivity (Wildman–Crippen MR) is 128 cm³/mol. The molecule has 0 saturated heterocycles. The first-order valence-corrected chi connectivity index (χ1v) is 11.7. The van der Waals surface area contributed by atoms with Crippen molar-refractivity contribution in [3.05, 3.63) is 88.0 Å². The summed E-state index contributed by atoms with van der Waals surface area (Å²) in [6, 6.07) is 20.4. The molecule has 0 saturated carbocycles. The van der Waals surface area contributed by atoms with Gasteiger partial charge < -0.3 is 15.4 Å². The lowest BCUT2D eigenvalue weighted by molar-refractivity contribution is 0.265. The second kappa shape index (κ2) is 7.64. The molecule has 0 radical (unpaired) electrons. The number of aryl methyl sites for hydroxylation is 1. The fourth-order valence-corrected chi connectivity index (χ4v) is 5.79. The Labute approximate surface area is 184 Å². The third-order valence-electron chi connectivity index (χ3n) is 7.40. The summed E-state index contributed by atoms with van der Waals surface area (Å²) in [5.41, 5.74) is 11.3. The standard InChI is InChI=1S/C28H30N2O/c1-18-4-2-6-24-21(11-13-31-28(18)24)14-19-8-9-27-25(15-19)22(17-30-27)16-20-5-3-7-26-23(20)10-12-29-26/h2-9,15,21-22,29-30H,10-14,16-17H2,1H3. The normalized spacial score (nSPS) is 20.8. The van der Waals surface area contributed by atoms with Crippen molar-refractivity contribution >= 4 is 11.4 Å². The van der Waals surface area contributed by atoms with E-state index in [1.165, 1.54) is 44.8 Å². The van der Waals surface area contributed by atoms with E-state index in [1.54, 1.807) is 0 Å². The lowest BCUT2D eigenvalue weighted by Crippen LogP contribution is -2.17. The van der Waals surface area contributed by atoms with Gasteiger partial charge in [-0.1, -0.05) is 42.5 Å². The zero-order chi connectivity index (χ0) is 20.8. The number of benzene rings is 3. The minimum absolute atomic E-state index is 0.540. The summed E-state index contributed by atoms with van der Waals surface area (Å²) >= 11 is 0. The molecule has 0 fully saturated rings. The molecule has 3 nitrogen and oxygen atoms in total. The summed E-state index contributed by atoms with van der Waals surface area (Å²) in [7, 11) is 0. The van der Waals surface area contributed by atoms with Gasteiger partial charge in [0, 0.05) is 30.4 Å². The number of nitrogens with one attached hydrogen (secondary N) is 2. The van der Waals surface area contributed by atoms with Crippen molar-refractivity contribution in [2.24, 2.45) is 0 Å². The summed E-state index contributed by atoms with van der Waals surface area (Å²) in [5.74, 6) is 2.20. The van der Waals surface area contributed by atoms with Crippen molar-refractivity contribution in [3.63, 3.8) is 0 Å². The topological polar surface area (TPSA) is 33.3 Å². The smallest absolute Gasteiger partial charge is 0.125 e. The minimum Gasteiger partial charge on any atom is -0.493 e. The minimum atomic E-state index is 0.540. The predicted octanol–water partition coefficient (Wildman–Crippen LogP) is 5.82. The van der Waals surface area contributed by atoms with Gasteiger partial charge >= 0.3 is 0 Å². The van der Waals surface area contributed by atoms with E-state index >= 15 is 0 Å². The highest BCUT2D eigenvalue weighted by Gasteiger charge is 2.27. The van der Waals surface area contributed by atoms with Crippen molar-refractivity contribution in [2.45, 2.75) is 44.4 Å². The average molecular weight is 411 g/mol. The van der Waals surface area contributed by atoms with Crippen LogP contribution < -0.4 is 15.4 Å². The molecule has 3 aromatic rings. The number of hydrogen-bond donors (Lipinski definition) is 2. The number of fused-ring (bicyclic) bond motifs is 3. The van der Waals surface area contributed by atoms with E-state index in [0.717, 1.165) is 51.1 Å². The Kier molecular flexibility index (Phi) is 4.63. The molecule has 0 bridgehead atoms. The molecule has 2 N–H and O–H groups in total. The lowest BCUT2D eigenvalue weighted by Gasteiger charge is -2.27. The number of hydrogen-bond acceptors (Lipinski definition) is 3. The van der Waals surface area contributed by atoms with Crippen LogP contribution in [0.15, 0.2) is 54.6 Å². The van der Waals surface area contributed by atoms with Crippen LogP contribution in [0.2, 0.25) is 0 Å². The van der Waals surface area contributed by atoms with Gasteiger partial charge in [0.25, 0.3) is 0 Å². The van der Waals surface area contributed by atoms with Crippen molar-refractivity contribution in [1.29, 1.82) is 0 Å². The van der Waals surface area contributed by atoms with Gasteiger partial charge in [0.15, 0.2) is 0 Å². The van der Waals surface area contributed by atoms with E-state index in [0.29, 0.717) is 11.8 Å². The monoisotopic (exact) mass is 410 g/mol. The molecule has 0 amide bonds. The van der Waals surface area contributed by atoms with Gasteiger partial charge in [-0.3, -0.25) is 0 Å². The van der Waals surface area contributed by atoms with Crippen LogP contribution in [0, 0.1) is 6.92 Å². The SMILES string of the molecule is Cc1cccc2c1OCCC2Cc1ccc2c(c1)C(Cc1cccc3c1CCN3)CN2. The van der Waals surface area contributed by atoms with Crippen LogP contribution in [-0.2, 0) is 19.3 Å². The van der Waals surface area contributed by atoms with Crippen LogP contribution in [0.4, 0.5) is 11.4 Å². The van der Waals surface area contributed by atoms with Crippen molar-refractivity contribution in [2.75, 3.05) is 30.3 Å². The molecule has 0 aromatic heterocycles. The molecule has 2 atom stereocenters. The van der Waals surface area contributed by atoms with E-state index in [9.17, 15) is 0 Å².